The Balaban J connectivity index is 1.92. The molecule has 0 aliphatic heterocycles. The summed E-state index contributed by atoms with van der Waals surface area (Å²) >= 11 is 1.59. The Morgan fingerprint density at radius 1 is 1.42 bits per heavy atom. The number of hydrogen-bond acceptors (Lipinski definition) is 4. The molecule has 3 nitrogen and oxygen atoms in total. The van der Waals surface area contributed by atoms with Crippen molar-refractivity contribution in [3.63, 3.8) is 0 Å². The van der Waals surface area contributed by atoms with Crippen LogP contribution in [-0.4, -0.2) is 11.8 Å². The molecule has 0 spiro atoms. The van der Waals surface area contributed by atoms with Gasteiger partial charge in [0.15, 0.2) is 5.78 Å². The van der Waals surface area contributed by atoms with Gasteiger partial charge in [-0.15, -0.1) is 11.3 Å². The molecule has 19 heavy (non-hydrogen) atoms. The predicted octanol–water partition coefficient (Wildman–Crippen LogP) is 4.01. The van der Waals surface area contributed by atoms with Crippen LogP contribution in [0.1, 0.15) is 67.1 Å². The summed E-state index contributed by atoms with van der Waals surface area (Å²) in [5, 5.41) is 4.69. The first-order valence-electron chi connectivity index (χ1n) is 7.34. The molecule has 3 rings (SSSR count). The predicted molar refractivity (Wildman–Crippen MR) is 81.1 cm³/mol. The molecule has 1 aromatic heterocycles. The topological polar surface area (TPSA) is 55.1 Å². The van der Waals surface area contributed by atoms with Crippen LogP contribution in [0.2, 0.25) is 0 Å². The third kappa shape index (κ3) is 2.50. The van der Waals surface area contributed by atoms with E-state index in [1.807, 2.05) is 0 Å². The van der Waals surface area contributed by atoms with Gasteiger partial charge in [-0.2, -0.15) is 0 Å². The number of hydrogen-bond donors (Lipinski definition) is 2. The molecule has 1 atom stereocenters. The SMILES string of the molecule is CCC(C)Nc1sc(C(=O)C2CC2)c(N)c1C1CC1. The minimum Gasteiger partial charge on any atom is -0.397 e. The Labute approximate surface area is 118 Å². The second-order valence-electron chi connectivity index (χ2n) is 5.95. The Morgan fingerprint density at radius 2 is 2.11 bits per heavy atom. The first-order chi connectivity index (χ1) is 9.11. The van der Waals surface area contributed by atoms with Crippen LogP contribution in [0.3, 0.4) is 0 Å². The molecule has 2 fully saturated rings. The van der Waals surface area contributed by atoms with E-state index < -0.39 is 0 Å². The monoisotopic (exact) mass is 278 g/mol. The number of carbonyl (C=O) groups is 1. The number of anilines is 2. The Bertz CT molecular complexity index is 500. The fraction of sp³-hybridized carbons (Fsp3) is 0.667. The number of nitrogens with two attached hydrogens (primary N) is 1. The number of ketones is 1. The molecule has 0 bridgehead atoms. The van der Waals surface area contributed by atoms with Crippen molar-refractivity contribution < 1.29 is 4.79 Å². The highest BCUT2D eigenvalue weighted by atomic mass is 32.1. The smallest absolute Gasteiger partial charge is 0.178 e. The van der Waals surface area contributed by atoms with Gasteiger partial charge in [-0.1, -0.05) is 6.92 Å². The summed E-state index contributed by atoms with van der Waals surface area (Å²) in [6, 6.07) is 0.430. The van der Waals surface area contributed by atoms with E-state index in [9.17, 15) is 4.79 Å². The Hall–Kier alpha value is -1.03. The van der Waals surface area contributed by atoms with E-state index in [0.29, 0.717) is 12.0 Å². The van der Waals surface area contributed by atoms with Crippen LogP contribution in [0.4, 0.5) is 10.7 Å². The fourth-order valence-corrected chi connectivity index (χ4v) is 3.72. The largest absolute Gasteiger partial charge is 0.397 e. The van der Waals surface area contributed by atoms with Gasteiger partial charge in [0.1, 0.15) is 0 Å². The van der Waals surface area contributed by atoms with Gasteiger partial charge in [0, 0.05) is 17.5 Å². The minimum absolute atomic E-state index is 0.254. The molecule has 3 N–H and O–H groups in total. The second kappa shape index (κ2) is 4.82. The Morgan fingerprint density at radius 3 is 2.63 bits per heavy atom. The number of rotatable bonds is 6. The number of nitrogens with one attached hydrogen (secondary N) is 1. The van der Waals surface area contributed by atoms with Crippen LogP contribution in [0, 0.1) is 5.92 Å². The van der Waals surface area contributed by atoms with Crippen molar-refractivity contribution in [1.82, 2.24) is 0 Å². The molecule has 1 heterocycles. The van der Waals surface area contributed by atoms with Crippen molar-refractivity contribution in [2.75, 3.05) is 11.1 Å². The number of nitrogen functional groups attached to an aromatic ring is 1. The van der Waals surface area contributed by atoms with Gasteiger partial charge >= 0.3 is 0 Å². The minimum atomic E-state index is 0.254. The van der Waals surface area contributed by atoms with E-state index in [4.69, 9.17) is 5.73 Å². The first kappa shape index (κ1) is 13.0. The van der Waals surface area contributed by atoms with Crippen LogP contribution >= 0.6 is 11.3 Å². The van der Waals surface area contributed by atoms with Crippen LogP contribution in [-0.2, 0) is 0 Å². The summed E-state index contributed by atoms with van der Waals surface area (Å²) in [7, 11) is 0. The fourth-order valence-electron chi connectivity index (χ4n) is 2.38. The lowest BCUT2D eigenvalue weighted by Gasteiger charge is -2.13. The van der Waals surface area contributed by atoms with Gasteiger partial charge in [0.2, 0.25) is 0 Å². The van der Waals surface area contributed by atoms with Gasteiger partial charge in [0.25, 0.3) is 0 Å². The molecule has 1 unspecified atom stereocenters. The third-order valence-corrected chi connectivity index (χ3v) is 5.30. The molecule has 0 saturated heterocycles. The van der Waals surface area contributed by atoms with Crippen molar-refractivity contribution in [3.8, 4) is 0 Å². The standard InChI is InChI=1S/C15H22N2OS/c1-3-8(2)17-15-11(9-4-5-9)12(16)14(19-15)13(18)10-6-7-10/h8-10,17H,3-7,16H2,1-2H3. The molecule has 0 radical (unpaired) electrons. The van der Waals surface area contributed by atoms with Gasteiger partial charge < -0.3 is 11.1 Å². The lowest BCUT2D eigenvalue weighted by Crippen LogP contribution is -2.13. The van der Waals surface area contributed by atoms with E-state index >= 15 is 0 Å². The lowest BCUT2D eigenvalue weighted by atomic mass is 10.1. The summed E-state index contributed by atoms with van der Waals surface area (Å²) in [4.78, 5) is 13.1. The Kier molecular flexibility index (Phi) is 3.29. The summed E-state index contributed by atoms with van der Waals surface area (Å²) in [6.45, 7) is 4.34. The van der Waals surface area contributed by atoms with Gasteiger partial charge in [0.05, 0.1) is 15.6 Å². The number of thiophene rings is 1. The van der Waals surface area contributed by atoms with Crippen molar-refractivity contribution in [3.05, 3.63) is 10.4 Å². The second-order valence-corrected chi connectivity index (χ2v) is 6.97. The molecule has 1 aromatic rings. The lowest BCUT2D eigenvalue weighted by molar-refractivity contribution is 0.0972. The molecular weight excluding hydrogens is 256 g/mol. The van der Waals surface area contributed by atoms with Crippen molar-refractivity contribution >= 4 is 27.8 Å². The van der Waals surface area contributed by atoms with Crippen LogP contribution in [0.5, 0.6) is 0 Å². The average Bonchev–Trinajstić information content (AvgIpc) is 3.26. The maximum Gasteiger partial charge on any atom is 0.178 e. The summed E-state index contributed by atoms with van der Waals surface area (Å²) in [6.07, 6.45) is 5.60. The first-order valence-corrected chi connectivity index (χ1v) is 8.16. The zero-order valence-electron chi connectivity index (χ0n) is 11.7. The highest BCUT2D eigenvalue weighted by molar-refractivity contribution is 7.19. The van der Waals surface area contributed by atoms with Gasteiger partial charge in [-0.3, -0.25) is 4.79 Å². The number of Topliss-reactive ketones (excluding diaryl/α,β-unsaturated/α-hetero) is 1. The summed E-state index contributed by atoms with van der Waals surface area (Å²) < 4.78 is 0. The van der Waals surface area contributed by atoms with Crippen LogP contribution in [0.25, 0.3) is 0 Å². The molecule has 2 aliphatic rings. The molecule has 4 heteroatoms. The van der Waals surface area contributed by atoms with Crippen LogP contribution < -0.4 is 11.1 Å². The maximum atomic E-state index is 12.3. The van der Waals surface area contributed by atoms with Crippen molar-refractivity contribution in [2.24, 2.45) is 5.92 Å². The average molecular weight is 278 g/mol. The molecule has 0 aromatic carbocycles. The normalized spacial score (nSPS) is 20.3. The van der Waals surface area contributed by atoms with Gasteiger partial charge in [-0.25, -0.2) is 0 Å². The molecule has 104 valence electrons. The number of carbonyl (C=O) groups excluding carboxylic acids is 1. The highest BCUT2D eigenvalue weighted by Gasteiger charge is 2.37. The van der Waals surface area contributed by atoms with Crippen LogP contribution in [0.15, 0.2) is 0 Å². The maximum absolute atomic E-state index is 12.3. The molecule has 2 saturated carbocycles. The van der Waals surface area contributed by atoms with E-state index in [2.05, 4.69) is 19.2 Å². The van der Waals surface area contributed by atoms with E-state index in [1.54, 1.807) is 11.3 Å². The molecule has 2 aliphatic carbocycles. The quantitative estimate of drug-likeness (QED) is 0.773. The van der Waals surface area contributed by atoms with E-state index in [0.717, 1.165) is 34.8 Å². The van der Waals surface area contributed by atoms with Crippen molar-refractivity contribution in [1.29, 1.82) is 0 Å². The van der Waals surface area contributed by atoms with E-state index in [-0.39, 0.29) is 11.7 Å². The zero-order valence-corrected chi connectivity index (χ0v) is 12.5. The summed E-state index contributed by atoms with van der Waals surface area (Å²) in [5.74, 6) is 1.12. The highest BCUT2D eigenvalue weighted by Crippen LogP contribution is 2.52. The summed E-state index contributed by atoms with van der Waals surface area (Å²) in [5.41, 5.74) is 8.28. The third-order valence-electron chi connectivity index (χ3n) is 4.13. The van der Waals surface area contributed by atoms with Crippen molar-refractivity contribution in [2.45, 2.75) is 57.9 Å². The molecule has 0 amide bonds. The van der Waals surface area contributed by atoms with Gasteiger partial charge in [-0.05, 0) is 44.9 Å². The zero-order chi connectivity index (χ0) is 13.6. The van der Waals surface area contributed by atoms with E-state index in [1.165, 1.54) is 18.4 Å². The molecular formula is C15H22N2OS.